The molecular weight excluding hydrogens is 112 g/mol. The van der Waals surface area contributed by atoms with Gasteiger partial charge >= 0.3 is 0 Å². The Bertz CT molecular complexity index is 90.9. The third-order valence-electron chi connectivity index (χ3n) is 1.81. The lowest BCUT2D eigenvalue weighted by Gasteiger charge is -2.04. The van der Waals surface area contributed by atoms with Crippen LogP contribution in [0.15, 0.2) is 0 Å². The highest BCUT2D eigenvalue weighted by Gasteiger charge is 2.31. The quantitative estimate of drug-likeness (QED) is 0.575. The van der Waals surface area contributed by atoms with Crippen LogP contribution < -0.4 is 11.1 Å². The molecule has 0 amide bonds. The van der Waals surface area contributed by atoms with Crippen LogP contribution in [0.3, 0.4) is 0 Å². The molecule has 0 radical (unpaired) electrons. The van der Waals surface area contributed by atoms with E-state index in [1.165, 1.54) is 6.42 Å². The van der Waals surface area contributed by atoms with Crippen LogP contribution >= 0.6 is 0 Å². The van der Waals surface area contributed by atoms with Crippen LogP contribution in [-0.4, -0.2) is 18.6 Å². The predicted octanol–water partition coefficient (Wildman–Crippen LogP) is 0.332. The summed E-state index contributed by atoms with van der Waals surface area (Å²) in [6.07, 6.45) is 1.34. The zero-order valence-corrected chi connectivity index (χ0v) is 6.22. The van der Waals surface area contributed by atoms with Crippen molar-refractivity contribution in [2.45, 2.75) is 32.4 Å². The van der Waals surface area contributed by atoms with Crippen molar-refractivity contribution in [2.75, 3.05) is 6.54 Å². The molecule has 0 aromatic heterocycles. The van der Waals surface area contributed by atoms with Crippen LogP contribution in [0.1, 0.15) is 20.3 Å². The van der Waals surface area contributed by atoms with Crippen LogP contribution in [0, 0.1) is 5.92 Å². The molecule has 1 fully saturated rings. The van der Waals surface area contributed by atoms with Crippen LogP contribution in [0.5, 0.6) is 0 Å². The lowest BCUT2D eigenvalue weighted by atomic mass is 10.3. The molecule has 1 saturated carbocycles. The summed E-state index contributed by atoms with van der Waals surface area (Å²) in [4.78, 5) is 0. The molecule has 0 saturated heterocycles. The van der Waals surface area contributed by atoms with Gasteiger partial charge in [0, 0.05) is 18.6 Å². The molecule has 1 aliphatic carbocycles. The maximum absolute atomic E-state index is 5.55. The van der Waals surface area contributed by atoms with Gasteiger partial charge in [-0.25, -0.2) is 0 Å². The first kappa shape index (κ1) is 7.03. The van der Waals surface area contributed by atoms with E-state index in [9.17, 15) is 0 Å². The van der Waals surface area contributed by atoms with E-state index in [4.69, 9.17) is 5.73 Å². The molecule has 0 heterocycles. The van der Waals surface area contributed by atoms with E-state index in [-0.39, 0.29) is 0 Å². The van der Waals surface area contributed by atoms with E-state index in [2.05, 4.69) is 12.2 Å². The highest BCUT2D eigenvalue weighted by Crippen LogP contribution is 2.28. The second-order valence-electron chi connectivity index (χ2n) is 3.21. The molecule has 0 aromatic rings. The fourth-order valence-corrected chi connectivity index (χ4v) is 0.944. The zero-order valence-electron chi connectivity index (χ0n) is 6.22. The Kier molecular flexibility index (Phi) is 2.09. The molecule has 0 aromatic carbocycles. The minimum atomic E-state index is 0.304. The van der Waals surface area contributed by atoms with Gasteiger partial charge in [0.2, 0.25) is 0 Å². The first-order chi connectivity index (χ1) is 4.20. The summed E-state index contributed by atoms with van der Waals surface area (Å²) in [7, 11) is 0. The molecule has 1 aliphatic rings. The minimum absolute atomic E-state index is 0.304. The number of nitrogens with two attached hydrogens (primary N) is 1. The smallest absolute Gasteiger partial charge is 0.0136 e. The van der Waals surface area contributed by atoms with Gasteiger partial charge in [-0.2, -0.15) is 0 Å². The normalized spacial score (nSPS) is 36.3. The number of nitrogens with one attached hydrogen (secondary N) is 1. The first-order valence-electron chi connectivity index (χ1n) is 3.69. The standard InChI is InChI=1S/C7H16N2/c1-5-3-7(5)9-4-6(2)8/h5-7,9H,3-4,8H2,1-2H3. The fraction of sp³-hybridized carbons (Fsp3) is 1.00. The Morgan fingerprint density at radius 1 is 1.78 bits per heavy atom. The average molecular weight is 128 g/mol. The van der Waals surface area contributed by atoms with Gasteiger partial charge in [0.1, 0.15) is 0 Å². The van der Waals surface area contributed by atoms with Gasteiger partial charge in [0.05, 0.1) is 0 Å². The van der Waals surface area contributed by atoms with Crippen molar-refractivity contribution in [1.82, 2.24) is 5.32 Å². The Hall–Kier alpha value is -0.0800. The second-order valence-corrected chi connectivity index (χ2v) is 3.21. The minimum Gasteiger partial charge on any atom is -0.327 e. The lowest BCUT2D eigenvalue weighted by Crippen LogP contribution is -2.32. The monoisotopic (exact) mass is 128 g/mol. The molecule has 0 bridgehead atoms. The largest absolute Gasteiger partial charge is 0.327 e. The Morgan fingerprint density at radius 3 is 2.67 bits per heavy atom. The molecule has 3 N–H and O–H groups in total. The molecule has 54 valence electrons. The maximum Gasteiger partial charge on any atom is 0.0136 e. The second kappa shape index (κ2) is 2.67. The summed E-state index contributed by atoms with van der Waals surface area (Å²) in [6, 6.07) is 1.08. The Morgan fingerprint density at radius 2 is 2.33 bits per heavy atom. The average Bonchev–Trinajstić information content (AvgIpc) is 2.42. The van der Waals surface area contributed by atoms with E-state index in [1.807, 2.05) is 6.92 Å². The number of hydrogen-bond acceptors (Lipinski definition) is 2. The topological polar surface area (TPSA) is 38.0 Å². The maximum atomic E-state index is 5.55. The number of rotatable bonds is 3. The molecule has 0 aliphatic heterocycles. The summed E-state index contributed by atoms with van der Waals surface area (Å²) in [6.45, 7) is 5.26. The molecular formula is C7H16N2. The molecule has 0 spiro atoms. The summed E-state index contributed by atoms with van der Waals surface area (Å²) in [5.41, 5.74) is 5.55. The van der Waals surface area contributed by atoms with Gasteiger partial charge in [0.15, 0.2) is 0 Å². The van der Waals surface area contributed by atoms with Crippen LogP contribution in [-0.2, 0) is 0 Å². The van der Waals surface area contributed by atoms with Gasteiger partial charge in [0.25, 0.3) is 0 Å². The third-order valence-corrected chi connectivity index (χ3v) is 1.81. The third kappa shape index (κ3) is 2.33. The first-order valence-corrected chi connectivity index (χ1v) is 3.69. The highest BCUT2D eigenvalue weighted by molar-refractivity contribution is 4.89. The lowest BCUT2D eigenvalue weighted by molar-refractivity contribution is 0.587. The van der Waals surface area contributed by atoms with E-state index in [1.54, 1.807) is 0 Å². The van der Waals surface area contributed by atoms with Gasteiger partial charge in [-0.05, 0) is 19.3 Å². The highest BCUT2D eigenvalue weighted by atomic mass is 15.0. The van der Waals surface area contributed by atoms with E-state index < -0.39 is 0 Å². The van der Waals surface area contributed by atoms with Crippen LogP contribution in [0.2, 0.25) is 0 Å². The van der Waals surface area contributed by atoms with Crippen LogP contribution in [0.25, 0.3) is 0 Å². The summed E-state index contributed by atoms with van der Waals surface area (Å²) in [5.74, 6) is 0.892. The van der Waals surface area contributed by atoms with Crippen molar-refractivity contribution in [2.24, 2.45) is 11.7 Å². The molecule has 3 atom stereocenters. The SMILES string of the molecule is CC(N)CNC1CC1C. The molecule has 2 nitrogen and oxygen atoms in total. The Balaban J connectivity index is 1.94. The van der Waals surface area contributed by atoms with Crippen molar-refractivity contribution in [1.29, 1.82) is 0 Å². The summed E-state index contributed by atoms with van der Waals surface area (Å²) in [5, 5.41) is 3.38. The van der Waals surface area contributed by atoms with Crippen molar-refractivity contribution < 1.29 is 0 Å². The van der Waals surface area contributed by atoms with Gasteiger partial charge < -0.3 is 11.1 Å². The number of hydrogen-bond donors (Lipinski definition) is 2. The van der Waals surface area contributed by atoms with Crippen molar-refractivity contribution in [3.05, 3.63) is 0 Å². The predicted molar refractivity (Wildman–Crippen MR) is 39.2 cm³/mol. The molecule has 1 rings (SSSR count). The van der Waals surface area contributed by atoms with Crippen molar-refractivity contribution in [3.63, 3.8) is 0 Å². The van der Waals surface area contributed by atoms with Crippen molar-refractivity contribution in [3.8, 4) is 0 Å². The van der Waals surface area contributed by atoms with E-state index in [0.29, 0.717) is 6.04 Å². The fourth-order valence-electron chi connectivity index (χ4n) is 0.944. The van der Waals surface area contributed by atoms with Gasteiger partial charge in [-0.15, -0.1) is 0 Å². The van der Waals surface area contributed by atoms with E-state index in [0.717, 1.165) is 18.5 Å². The summed E-state index contributed by atoms with van der Waals surface area (Å²) >= 11 is 0. The summed E-state index contributed by atoms with van der Waals surface area (Å²) < 4.78 is 0. The molecule has 9 heavy (non-hydrogen) atoms. The molecule has 3 unspecified atom stereocenters. The van der Waals surface area contributed by atoms with E-state index >= 15 is 0 Å². The van der Waals surface area contributed by atoms with Gasteiger partial charge in [-0.1, -0.05) is 6.92 Å². The van der Waals surface area contributed by atoms with Crippen molar-refractivity contribution >= 4 is 0 Å². The van der Waals surface area contributed by atoms with Gasteiger partial charge in [-0.3, -0.25) is 0 Å². The Labute approximate surface area is 56.8 Å². The van der Waals surface area contributed by atoms with Crippen LogP contribution in [0.4, 0.5) is 0 Å². The zero-order chi connectivity index (χ0) is 6.85. The molecule has 2 heteroatoms.